The van der Waals surface area contributed by atoms with Gasteiger partial charge in [0.2, 0.25) is 0 Å². The van der Waals surface area contributed by atoms with Gasteiger partial charge in [0.05, 0.1) is 4.91 Å². The molecule has 1 N–H and O–H groups in total. The highest BCUT2D eigenvalue weighted by Gasteiger charge is 2.30. The minimum absolute atomic E-state index is 0.417. The summed E-state index contributed by atoms with van der Waals surface area (Å²) in [5.41, 5.74) is 0. The molecule has 0 saturated carbocycles. The van der Waals surface area contributed by atoms with E-state index in [1.165, 1.54) is 11.8 Å². The van der Waals surface area contributed by atoms with E-state index in [1.54, 1.807) is 6.21 Å². The van der Waals surface area contributed by atoms with Crippen LogP contribution >= 0.6 is 46.7 Å². The van der Waals surface area contributed by atoms with Gasteiger partial charge in [-0.15, -0.1) is 11.8 Å². The number of hydrogen-bond donors (Lipinski definition) is 1. The number of hydrogen-bond acceptors (Lipinski definition) is 5. The third-order valence-corrected chi connectivity index (χ3v) is 3.38. The fourth-order valence-corrected chi connectivity index (χ4v) is 2.22. The molecule has 3 nitrogen and oxygen atoms in total. The zero-order chi connectivity index (χ0) is 9.90. The summed E-state index contributed by atoms with van der Waals surface area (Å²) in [7, 11) is 0. The standard InChI is InChI=1S/C6H5Cl2N3S2/c1-12-4-2-10-6(8,13-3-9)11-5(4)7/h2,11H,1H3. The van der Waals surface area contributed by atoms with Crippen molar-refractivity contribution in [1.82, 2.24) is 5.32 Å². The summed E-state index contributed by atoms with van der Waals surface area (Å²) < 4.78 is -1.18. The molecule has 0 amide bonds. The topological polar surface area (TPSA) is 48.2 Å². The summed E-state index contributed by atoms with van der Waals surface area (Å²) in [5, 5.41) is 13.4. The zero-order valence-corrected chi connectivity index (χ0v) is 9.69. The van der Waals surface area contributed by atoms with Gasteiger partial charge in [-0.1, -0.05) is 23.2 Å². The molecule has 7 heteroatoms. The highest BCUT2D eigenvalue weighted by Crippen LogP contribution is 2.34. The Hall–Kier alpha value is -0.0200. The van der Waals surface area contributed by atoms with E-state index in [-0.39, 0.29) is 0 Å². The minimum Gasteiger partial charge on any atom is -0.329 e. The summed E-state index contributed by atoms with van der Waals surface area (Å²) in [4.78, 5) is 4.76. The predicted molar refractivity (Wildman–Crippen MR) is 59.8 cm³/mol. The molecular formula is C6H5Cl2N3S2. The Morgan fingerprint density at radius 3 is 2.92 bits per heavy atom. The van der Waals surface area contributed by atoms with E-state index in [2.05, 4.69) is 10.3 Å². The number of nitrogens with one attached hydrogen (secondary N) is 1. The van der Waals surface area contributed by atoms with Crippen LogP contribution in [-0.4, -0.2) is 16.9 Å². The van der Waals surface area contributed by atoms with Gasteiger partial charge in [-0.05, 0) is 6.26 Å². The maximum Gasteiger partial charge on any atom is 0.270 e. The number of halogens is 2. The first-order valence-electron chi connectivity index (χ1n) is 3.14. The monoisotopic (exact) mass is 253 g/mol. The van der Waals surface area contributed by atoms with E-state index >= 15 is 0 Å². The number of alkyl halides is 1. The van der Waals surface area contributed by atoms with E-state index in [0.717, 1.165) is 16.7 Å². The molecule has 70 valence electrons. The van der Waals surface area contributed by atoms with Crippen LogP contribution in [0.15, 0.2) is 15.1 Å². The number of nitrogens with zero attached hydrogens (tertiary/aromatic N) is 2. The molecule has 0 fully saturated rings. The molecule has 0 radical (unpaired) electrons. The molecule has 0 bridgehead atoms. The molecule has 0 aromatic rings. The van der Waals surface area contributed by atoms with Crippen LogP contribution in [-0.2, 0) is 0 Å². The third kappa shape index (κ3) is 2.71. The number of thioether (sulfide) groups is 2. The van der Waals surface area contributed by atoms with Gasteiger partial charge in [-0.25, -0.2) is 4.99 Å². The summed E-state index contributed by atoms with van der Waals surface area (Å²) >= 11 is 14.0. The number of aliphatic imine (C=N–C) groups is 1. The Balaban J connectivity index is 2.81. The van der Waals surface area contributed by atoms with Gasteiger partial charge in [0, 0.05) is 18.0 Å². The van der Waals surface area contributed by atoms with Crippen molar-refractivity contribution < 1.29 is 0 Å². The average molecular weight is 254 g/mol. The SMILES string of the molecule is CSC1=C(Cl)NC(Cl)(SC#N)N=C1. The molecule has 0 spiro atoms. The average Bonchev–Trinajstić information content (AvgIpc) is 2.04. The van der Waals surface area contributed by atoms with Crippen molar-refractivity contribution in [3.05, 3.63) is 10.1 Å². The highest BCUT2D eigenvalue weighted by atomic mass is 35.5. The van der Waals surface area contributed by atoms with Crippen LogP contribution < -0.4 is 5.32 Å². The van der Waals surface area contributed by atoms with Crippen molar-refractivity contribution >= 4 is 52.9 Å². The zero-order valence-electron chi connectivity index (χ0n) is 6.54. The molecule has 0 aliphatic carbocycles. The summed E-state index contributed by atoms with van der Waals surface area (Å²) in [5.74, 6) is 0. The maximum absolute atomic E-state index is 8.44. The van der Waals surface area contributed by atoms with Gasteiger partial charge in [0.1, 0.15) is 10.6 Å². The van der Waals surface area contributed by atoms with Crippen LogP contribution in [0, 0.1) is 10.7 Å². The number of thiocyanates is 1. The molecule has 1 unspecified atom stereocenters. The summed E-state index contributed by atoms with van der Waals surface area (Å²) in [6.07, 6.45) is 3.44. The van der Waals surface area contributed by atoms with Crippen LogP contribution in [0.5, 0.6) is 0 Å². The smallest absolute Gasteiger partial charge is 0.270 e. The maximum atomic E-state index is 8.44. The first-order valence-corrected chi connectivity index (χ1v) is 5.94. The first-order chi connectivity index (χ1) is 6.11. The van der Waals surface area contributed by atoms with Gasteiger partial charge in [0.15, 0.2) is 0 Å². The lowest BCUT2D eigenvalue weighted by atomic mass is 10.6. The summed E-state index contributed by atoms with van der Waals surface area (Å²) in [6.45, 7) is 0. The van der Waals surface area contributed by atoms with E-state index in [9.17, 15) is 0 Å². The number of allylic oxidation sites excluding steroid dienone is 1. The Morgan fingerprint density at radius 1 is 1.77 bits per heavy atom. The Kier molecular flexibility index (Phi) is 3.80. The normalized spacial score (nSPS) is 26.9. The van der Waals surface area contributed by atoms with Crippen molar-refractivity contribution in [1.29, 1.82) is 5.26 Å². The molecule has 1 heterocycles. The second kappa shape index (κ2) is 4.47. The fraction of sp³-hybridized carbons (Fsp3) is 0.333. The molecule has 0 aromatic carbocycles. The molecule has 0 aromatic heterocycles. The van der Waals surface area contributed by atoms with Crippen LogP contribution in [0.2, 0.25) is 0 Å². The number of rotatable bonds is 2. The van der Waals surface area contributed by atoms with E-state index < -0.39 is 4.45 Å². The second-order valence-electron chi connectivity index (χ2n) is 2.02. The Morgan fingerprint density at radius 2 is 2.46 bits per heavy atom. The highest BCUT2D eigenvalue weighted by molar-refractivity contribution is 8.06. The van der Waals surface area contributed by atoms with Crippen molar-refractivity contribution in [2.75, 3.05) is 6.26 Å². The largest absolute Gasteiger partial charge is 0.329 e. The third-order valence-electron chi connectivity index (χ3n) is 1.23. The van der Waals surface area contributed by atoms with Gasteiger partial charge >= 0.3 is 0 Å². The van der Waals surface area contributed by atoms with Gasteiger partial charge in [-0.3, -0.25) is 0 Å². The molecule has 13 heavy (non-hydrogen) atoms. The lowest BCUT2D eigenvalue weighted by molar-refractivity contribution is 0.735. The molecule has 1 rings (SSSR count). The Bertz CT molecular complexity index is 309. The van der Waals surface area contributed by atoms with Crippen molar-refractivity contribution in [2.24, 2.45) is 4.99 Å². The minimum atomic E-state index is -1.18. The van der Waals surface area contributed by atoms with Crippen LogP contribution in [0.3, 0.4) is 0 Å². The molecule has 1 atom stereocenters. The molecule has 1 aliphatic rings. The van der Waals surface area contributed by atoms with E-state index in [1.807, 2.05) is 11.7 Å². The van der Waals surface area contributed by atoms with Gasteiger partial charge in [0.25, 0.3) is 4.45 Å². The van der Waals surface area contributed by atoms with E-state index in [0.29, 0.717) is 5.16 Å². The van der Waals surface area contributed by atoms with Crippen LogP contribution in [0.4, 0.5) is 0 Å². The van der Waals surface area contributed by atoms with Crippen LogP contribution in [0.25, 0.3) is 0 Å². The van der Waals surface area contributed by atoms with Crippen LogP contribution in [0.1, 0.15) is 0 Å². The lowest BCUT2D eigenvalue weighted by Gasteiger charge is -2.24. The quantitative estimate of drug-likeness (QED) is 0.467. The number of nitriles is 1. The van der Waals surface area contributed by atoms with Gasteiger partial charge < -0.3 is 5.32 Å². The van der Waals surface area contributed by atoms with Crippen molar-refractivity contribution in [3.8, 4) is 5.40 Å². The Labute approximate surface area is 94.6 Å². The molecule has 1 aliphatic heterocycles. The van der Waals surface area contributed by atoms with Crippen molar-refractivity contribution in [2.45, 2.75) is 4.45 Å². The second-order valence-corrected chi connectivity index (χ2v) is 4.99. The summed E-state index contributed by atoms with van der Waals surface area (Å²) in [6, 6.07) is 0. The fourth-order valence-electron chi connectivity index (χ4n) is 0.682. The van der Waals surface area contributed by atoms with Crippen molar-refractivity contribution in [3.63, 3.8) is 0 Å². The first kappa shape index (κ1) is 11.1. The molecule has 0 saturated heterocycles. The van der Waals surface area contributed by atoms with E-state index in [4.69, 9.17) is 28.5 Å². The lowest BCUT2D eigenvalue weighted by Crippen LogP contribution is -2.35. The van der Waals surface area contributed by atoms with Gasteiger partial charge in [-0.2, -0.15) is 5.26 Å². The molecular weight excluding hydrogens is 249 g/mol. The predicted octanol–water partition coefficient (Wildman–Crippen LogP) is 2.50.